The van der Waals surface area contributed by atoms with E-state index in [-0.39, 0.29) is 4.47 Å². The molecule has 0 aliphatic carbocycles. The SMILES string of the molecule is COc1ccccc1C(O)c1c(F)cc(Br)cc1F. The maximum atomic E-state index is 13.8. The lowest BCUT2D eigenvalue weighted by Crippen LogP contribution is -2.07. The van der Waals surface area contributed by atoms with Crippen molar-refractivity contribution in [2.24, 2.45) is 0 Å². The molecule has 2 rings (SSSR count). The normalized spacial score (nSPS) is 12.3. The number of rotatable bonds is 3. The van der Waals surface area contributed by atoms with Crippen LogP contribution in [-0.2, 0) is 0 Å². The van der Waals surface area contributed by atoms with Crippen LogP contribution >= 0.6 is 15.9 Å². The first kappa shape index (κ1) is 14.0. The van der Waals surface area contributed by atoms with Crippen molar-refractivity contribution in [3.05, 3.63) is 63.6 Å². The largest absolute Gasteiger partial charge is 0.496 e. The van der Waals surface area contributed by atoms with Gasteiger partial charge < -0.3 is 9.84 Å². The molecule has 0 radical (unpaired) electrons. The summed E-state index contributed by atoms with van der Waals surface area (Å²) in [5.41, 5.74) is -0.0853. The van der Waals surface area contributed by atoms with Crippen LogP contribution in [0.3, 0.4) is 0 Å². The molecule has 2 aromatic rings. The van der Waals surface area contributed by atoms with E-state index in [1.165, 1.54) is 7.11 Å². The Bertz CT molecular complexity index is 579. The van der Waals surface area contributed by atoms with E-state index < -0.39 is 23.3 Å². The summed E-state index contributed by atoms with van der Waals surface area (Å²) in [7, 11) is 1.43. The molecule has 0 aromatic heterocycles. The summed E-state index contributed by atoms with van der Waals surface area (Å²) in [5, 5.41) is 10.2. The van der Waals surface area contributed by atoms with Gasteiger partial charge in [-0.2, -0.15) is 0 Å². The van der Waals surface area contributed by atoms with Gasteiger partial charge in [0.15, 0.2) is 0 Å². The molecule has 1 atom stereocenters. The summed E-state index contributed by atoms with van der Waals surface area (Å²) in [6.45, 7) is 0. The van der Waals surface area contributed by atoms with Crippen LogP contribution in [0.1, 0.15) is 17.2 Å². The standard InChI is InChI=1S/C14H11BrF2O2/c1-19-12-5-3-2-4-9(12)14(18)13-10(16)6-8(15)7-11(13)17/h2-7,14,18H,1H3. The van der Waals surface area contributed by atoms with Gasteiger partial charge >= 0.3 is 0 Å². The van der Waals surface area contributed by atoms with Crippen LogP contribution in [0.25, 0.3) is 0 Å². The predicted octanol–water partition coefficient (Wildman–Crippen LogP) is 3.82. The Morgan fingerprint density at radius 3 is 2.32 bits per heavy atom. The first-order valence-electron chi connectivity index (χ1n) is 5.50. The van der Waals surface area contributed by atoms with Gasteiger partial charge in [0.05, 0.1) is 12.7 Å². The van der Waals surface area contributed by atoms with Gasteiger partial charge in [-0.1, -0.05) is 34.1 Å². The molecule has 0 saturated heterocycles. The lowest BCUT2D eigenvalue weighted by Gasteiger charge is -2.16. The summed E-state index contributed by atoms with van der Waals surface area (Å²) in [6.07, 6.45) is -1.43. The van der Waals surface area contributed by atoms with Gasteiger partial charge in [0.2, 0.25) is 0 Å². The Balaban J connectivity index is 2.53. The van der Waals surface area contributed by atoms with Gasteiger partial charge in [0, 0.05) is 10.0 Å². The van der Waals surface area contributed by atoms with E-state index >= 15 is 0 Å². The third kappa shape index (κ3) is 2.77. The smallest absolute Gasteiger partial charge is 0.133 e. The Morgan fingerprint density at radius 1 is 1.16 bits per heavy atom. The number of hydrogen-bond donors (Lipinski definition) is 1. The summed E-state index contributed by atoms with van der Waals surface area (Å²) >= 11 is 2.99. The fourth-order valence-corrected chi connectivity index (χ4v) is 2.26. The van der Waals surface area contributed by atoms with Crippen molar-refractivity contribution in [3.63, 3.8) is 0 Å². The van der Waals surface area contributed by atoms with E-state index in [2.05, 4.69) is 15.9 Å². The lowest BCUT2D eigenvalue weighted by molar-refractivity contribution is 0.204. The summed E-state index contributed by atoms with van der Waals surface area (Å²) in [5.74, 6) is -1.26. The average Bonchev–Trinajstić information content (AvgIpc) is 2.37. The fourth-order valence-electron chi connectivity index (χ4n) is 1.86. The van der Waals surface area contributed by atoms with Gasteiger partial charge in [-0.3, -0.25) is 0 Å². The molecule has 0 bridgehead atoms. The van der Waals surface area contributed by atoms with Crippen LogP contribution in [0.2, 0.25) is 0 Å². The third-order valence-corrected chi connectivity index (χ3v) is 3.21. The second-order valence-corrected chi connectivity index (χ2v) is 4.84. The van der Waals surface area contributed by atoms with Crippen LogP contribution < -0.4 is 4.74 Å². The highest BCUT2D eigenvalue weighted by Gasteiger charge is 2.22. The van der Waals surface area contributed by atoms with Crippen LogP contribution in [0.15, 0.2) is 40.9 Å². The molecule has 0 spiro atoms. The maximum Gasteiger partial charge on any atom is 0.133 e. The number of benzene rings is 2. The third-order valence-electron chi connectivity index (χ3n) is 2.75. The topological polar surface area (TPSA) is 29.5 Å². The number of aliphatic hydroxyl groups excluding tert-OH is 1. The molecule has 19 heavy (non-hydrogen) atoms. The van der Waals surface area contributed by atoms with Crippen molar-refractivity contribution in [2.45, 2.75) is 6.10 Å². The monoisotopic (exact) mass is 328 g/mol. The molecule has 0 amide bonds. The molecule has 5 heteroatoms. The van der Waals surface area contributed by atoms with Crippen LogP contribution in [0.5, 0.6) is 5.75 Å². The molecule has 1 N–H and O–H groups in total. The predicted molar refractivity (Wildman–Crippen MR) is 71.1 cm³/mol. The Labute approximate surface area is 117 Å². The van der Waals surface area contributed by atoms with E-state index in [1.807, 2.05) is 0 Å². The number of aliphatic hydroxyl groups is 1. The van der Waals surface area contributed by atoms with Crippen LogP contribution in [-0.4, -0.2) is 12.2 Å². The molecular formula is C14H11BrF2O2. The first-order valence-corrected chi connectivity index (χ1v) is 6.29. The molecule has 0 aliphatic heterocycles. The molecule has 2 nitrogen and oxygen atoms in total. The molecule has 2 aromatic carbocycles. The number of halogens is 3. The minimum absolute atomic E-state index is 0.276. The first-order chi connectivity index (χ1) is 9.04. The van der Waals surface area contributed by atoms with Gasteiger partial charge in [0.1, 0.15) is 23.5 Å². The minimum atomic E-state index is -1.43. The number of para-hydroxylation sites is 1. The van der Waals surface area contributed by atoms with Gasteiger partial charge in [-0.15, -0.1) is 0 Å². The number of ether oxygens (including phenoxy) is 1. The zero-order valence-electron chi connectivity index (χ0n) is 10.0. The van der Waals surface area contributed by atoms with Crippen LogP contribution in [0.4, 0.5) is 8.78 Å². The van der Waals surface area contributed by atoms with E-state index in [0.717, 1.165) is 12.1 Å². The Morgan fingerprint density at radius 2 is 1.74 bits per heavy atom. The highest BCUT2D eigenvalue weighted by Crippen LogP contribution is 2.33. The summed E-state index contributed by atoms with van der Waals surface area (Å²) < 4.78 is 33.0. The second kappa shape index (κ2) is 5.67. The quantitative estimate of drug-likeness (QED) is 0.928. The number of methoxy groups -OCH3 is 1. The fraction of sp³-hybridized carbons (Fsp3) is 0.143. The zero-order valence-corrected chi connectivity index (χ0v) is 11.6. The van der Waals surface area contributed by atoms with Crippen molar-refractivity contribution in [1.29, 1.82) is 0 Å². The minimum Gasteiger partial charge on any atom is -0.496 e. The molecule has 1 unspecified atom stereocenters. The van der Waals surface area contributed by atoms with E-state index in [0.29, 0.717) is 11.3 Å². The van der Waals surface area contributed by atoms with Crippen molar-refractivity contribution in [1.82, 2.24) is 0 Å². The highest BCUT2D eigenvalue weighted by atomic mass is 79.9. The molecule has 100 valence electrons. The van der Waals surface area contributed by atoms with Crippen molar-refractivity contribution >= 4 is 15.9 Å². The average molecular weight is 329 g/mol. The van der Waals surface area contributed by atoms with Gasteiger partial charge in [-0.25, -0.2) is 8.78 Å². The Kier molecular flexibility index (Phi) is 4.17. The number of hydrogen-bond acceptors (Lipinski definition) is 2. The van der Waals surface area contributed by atoms with Crippen molar-refractivity contribution in [2.75, 3.05) is 7.11 Å². The Hall–Kier alpha value is -1.46. The molecular weight excluding hydrogens is 318 g/mol. The zero-order chi connectivity index (χ0) is 14.0. The maximum absolute atomic E-state index is 13.8. The van der Waals surface area contributed by atoms with E-state index in [1.54, 1.807) is 24.3 Å². The lowest BCUT2D eigenvalue weighted by atomic mass is 9.99. The highest BCUT2D eigenvalue weighted by molar-refractivity contribution is 9.10. The van der Waals surface area contributed by atoms with Crippen LogP contribution in [0, 0.1) is 11.6 Å². The van der Waals surface area contributed by atoms with E-state index in [9.17, 15) is 13.9 Å². The summed E-state index contributed by atoms with van der Waals surface area (Å²) in [6, 6.07) is 8.77. The second-order valence-electron chi connectivity index (χ2n) is 3.93. The molecule has 0 heterocycles. The van der Waals surface area contributed by atoms with Crippen molar-refractivity contribution in [3.8, 4) is 5.75 Å². The summed E-state index contributed by atoms with van der Waals surface area (Å²) in [4.78, 5) is 0. The van der Waals surface area contributed by atoms with Gasteiger partial charge in [-0.05, 0) is 18.2 Å². The van der Waals surface area contributed by atoms with Gasteiger partial charge in [0.25, 0.3) is 0 Å². The molecule has 0 fully saturated rings. The van der Waals surface area contributed by atoms with E-state index in [4.69, 9.17) is 4.74 Å². The molecule has 0 saturated carbocycles. The van der Waals surface area contributed by atoms with Crippen molar-refractivity contribution < 1.29 is 18.6 Å². The molecule has 0 aliphatic rings.